The maximum Gasteiger partial charge on any atom is 0.277 e. The van der Waals surface area contributed by atoms with E-state index in [9.17, 15) is 4.79 Å². The summed E-state index contributed by atoms with van der Waals surface area (Å²) in [7, 11) is 3.02. The Bertz CT molecular complexity index is 308. The number of nitrogens with two attached hydrogens (primary N) is 1. The Morgan fingerprint density at radius 2 is 2.00 bits per heavy atom. The number of hydroxylamine groups is 2. The van der Waals surface area contributed by atoms with Crippen molar-refractivity contribution in [2.45, 2.75) is 6.54 Å². The van der Waals surface area contributed by atoms with E-state index in [-0.39, 0.29) is 5.91 Å². The summed E-state index contributed by atoms with van der Waals surface area (Å²) < 4.78 is 0. The Balaban J connectivity index is 2.81. The number of nitrogens with zero attached hydrogens (tertiary/aromatic N) is 1. The standard InChI is InChI=1S/C10H14N2O2/c1-12(14-2)10(13)9-5-3-8(7-11)4-6-9/h3-6H,7,11H2,1-2H3. The number of carbonyl (C=O) groups is 1. The van der Waals surface area contributed by atoms with Gasteiger partial charge >= 0.3 is 0 Å². The Morgan fingerprint density at radius 1 is 1.43 bits per heavy atom. The first-order valence-electron chi connectivity index (χ1n) is 4.30. The Morgan fingerprint density at radius 3 is 2.43 bits per heavy atom. The van der Waals surface area contributed by atoms with Crippen LogP contribution < -0.4 is 5.73 Å². The summed E-state index contributed by atoms with van der Waals surface area (Å²) in [6, 6.07) is 7.13. The van der Waals surface area contributed by atoms with Gasteiger partial charge in [0.1, 0.15) is 0 Å². The third-order valence-corrected chi connectivity index (χ3v) is 2.00. The molecule has 0 saturated carbocycles. The highest BCUT2D eigenvalue weighted by Crippen LogP contribution is 2.06. The normalized spacial score (nSPS) is 9.93. The molecule has 1 amide bonds. The number of carbonyl (C=O) groups excluding carboxylic acids is 1. The Labute approximate surface area is 83.2 Å². The highest BCUT2D eigenvalue weighted by Gasteiger charge is 2.09. The van der Waals surface area contributed by atoms with Gasteiger partial charge in [-0.2, -0.15) is 0 Å². The van der Waals surface area contributed by atoms with Gasteiger partial charge in [0.2, 0.25) is 0 Å². The minimum Gasteiger partial charge on any atom is -0.326 e. The van der Waals surface area contributed by atoms with E-state index in [4.69, 9.17) is 10.6 Å². The van der Waals surface area contributed by atoms with E-state index in [0.717, 1.165) is 5.56 Å². The molecule has 1 rings (SSSR count). The van der Waals surface area contributed by atoms with Gasteiger partial charge in [0.05, 0.1) is 7.11 Å². The third kappa shape index (κ3) is 2.31. The molecule has 0 aliphatic rings. The first-order chi connectivity index (χ1) is 6.69. The van der Waals surface area contributed by atoms with Crippen LogP contribution in [0.15, 0.2) is 24.3 Å². The van der Waals surface area contributed by atoms with Crippen LogP contribution in [-0.4, -0.2) is 25.1 Å². The topological polar surface area (TPSA) is 55.6 Å². The molecule has 4 nitrogen and oxygen atoms in total. The molecule has 0 aliphatic heterocycles. The summed E-state index contributed by atoms with van der Waals surface area (Å²) in [5, 5.41) is 1.18. The van der Waals surface area contributed by atoms with E-state index in [1.807, 2.05) is 12.1 Å². The molecule has 0 bridgehead atoms. The fraction of sp³-hybridized carbons (Fsp3) is 0.300. The van der Waals surface area contributed by atoms with Gasteiger partial charge in [-0.3, -0.25) is 9.63 Å². The molecular weight excluding hydrogens is 180 g/mol. The van der Waals surface area contributed by atoms with Crippen molar-refractivity contribution in [1.82, 2.24) is 5.06 Å². The largest absolute Gasteiger partial charge is 0.326 e. The van der Waals surface area contributed by atoms with Crippen molar-refractivity contribution in [2.24, 2.45) is 5.73 Å². The molecule has 1 aromatic carbocycles. The lowest BCUT2D eigenvalue weighted by Gasteiger charge is -2.13. The molecule has 0 radical (unpaired) electrons. The van der Waals surface area contributed by atoms with E-state index < -0.39 is 0 Å². The molecule has 0 unspecified atom stereocenters. The van der Waals surface area contributed by atoms with Crippen LogP contribution in [0.5, 0.6) is 0 Å². The number of hydrogen-bond acceptors (Lipinski definition) is 3. The average molecular weight is 194 g/mol. The first-order valence-corrected chi connectivity index (χ1v) is 4.30. The van der Waals surface area contributed by atoms with Crippen LogP contribution >= 0.6 is 0 Å². The molecule has 0 heterocycles. The second-order valence-electron chi connectivity index (χ2n) is 2.89. The zero-order valence-corrected chi connectivity index (χ0v) is 8.36. The van der Waals surface area contributed by atoms with Crippen molar-refractivity contribution < 1.29 is 9.63 Å². The Hall–Kier alpha value is -1.39. The number of hydrogen-bond donors (Lipinski definition) is 1. The predicted molar refractivity (Wildman–Crippen MR) is 53.4 cm³/mol. The maximum atomic E-state index is 11.5. The lowest BCUT2D eigenvalue weighted by Crippen LogP contribution is -2.25. The van der Waals surface area contributed by atoms with Gasteiger partial charge < -0.3 is 5.73 Å². The molecule has 0 aliphatic carbocycles. The molecule has 14 heavy (non-hydrogen) atoms. The van der Waals surface area contributed by atoms with Crippen LogP contribution in [-0.2, 0) is 11.4 Å². The van der Waals surface area contributed by atoms with Gasteiger partial charge in [0.25, 0.3) is 5.91 Å². The highest BCUT2D eigenvalue weighted by molar-refractivity contribution is 5.93. The quantitative estimate of drug-likeness (QED) is 0.723. The zero-order valence-electron chi connectivity index (χ0n) is 8.36. The summed E-state index contributed by atoms with van der Waals surface area (Å²) in [4.78, 5) is 16.3. The minimum atomic E-state index is -0.170. The predicted octanol–water partition coefficient (Wildman–Crippen LogP) is 0.779. The van der Waals surface area contributed by atoms with Crippen LogP contribution in [0.1, 0.15) is 15.9 Å². The number of benzene rings is 1. The van der Waals surface area contributed by atoms with E-state index >= 15 is 0 Å². The van der Waals surface area contributed by atoms with Gasteiger partial charge in [-0.25, -0.2) is 5.06 Å². The third-order valence-electron chi connectivity index (χ3n) is 2.00. The first kappa shape index (κ1) is 10.7. The molecular formula is C10H14N2O2. The molecule has 0 fully saturated rings. The van der Waals surface area contributed by atoms with Crippen molar-refractivity contribution in [1.29, 1.82) is 0 Å². The molecule has 4 heteroatoms. The van der Waals surface area contributed by atoms with Crippen LogP contribution in [0.3, 0.4) is 0 Å². The second-order valence-corrected chi connectivity index (χ2v) is 2.89. The lowest BCUT2D eigenvalue weighted by molar-refractivity contribution is -0.0756. The lowest BCUT2D eigenvalue weighted by atomic mass is 10.1. The number of amides is 1. The monoisotopic (exact) mass is 194 g/mol. The molecule has 0 aromatic heterocycles. The molecule has 0 saturated heterocycles. The summed E-state index contributed by atoms with van der Waals surface area (Å²) in [5.74, 6) is -0.170. The SMILES string of the molecule is CON(C)C(=O)c1ccc(CN)cc1. The smallest absolute Gasteiger partial charge is 0.277 e. The van der Waals surface area contributed by atoms with Gasteiger partial charge in [-0.15, -0.1) is 0 Å². The maximum absolute atomic E-state index is 11.5. The van der Waals surface area contributed by atoms with Gasteiger partial charge in [0, 0.05) is 19.2 Å². The van der Waals surface area contributed by atoms with Crippen molar-refractivity contribution in [3.63, 3.8) is 0 Å². The van der Waals surface area contributed by atoms with Crippen molar-refractivity contribution in [2.75, 3.05) is 14.2 Å². The van der Waals surface area contributed by atoms with Crippen molar-refractivity contribution in [3.8, 4) is 0 Å². The molecule has 1 aromatic rings. The summed E-state index contributed by atoms with van der Waals surface area (Å²) in [5.41, 5.74) is 7.03. The average Bonchev–Trinajstić information content (AvgIpc) is 2.27. The summed E-state index contributed by atoms with van der Waals surface area (Å²) in [6.45, 7) is 0.481. The Kier molecular flexibility index (Phi) is 3.62. The summed E-state index contributed by atoms with van der Waals surface area (Å²) >= 11 is 0. The molecule has 76 valence electrons. The van der Waals surface area contributed by atoms with E-state index in [1.165, 1.54) is 12.2 Å². The summed E-state index contributed by atoms with van der Waals surface area (Å²) in [6.07, 6.45) is 0. The van der Waals surface area contributed by atoms with Gasteiger partial charge in [-0.05, 0) is 17.7 Å². The van der Waals surface area contributed by atoms with Crippen LogP contribution in [0.2, 0.25) is 0 Å². The van der Waals surface area contributed by atoms with Crippen molar-refractivity contribution >= 4 is 5.91 Å². The van der Waals surface area contributed by atoms with Crippen LogP contribution in [0, 0.1) is 0 Å². The fourth-order valence-electron chi connectivity index (χ4n) is 1.05. The van der Waals surface area contributed by atoms with Gasteiger partial charge in [-0.1, -0.05) is 12.1 Å². The van der Waals surface area contributed by atoms with E-state index in [1.54, 1.807) is 19.2 Å². The van der Waals surface area contributed by atoms with Crippen LogP contribution in [0.25, 0.3) is 0 Å². The highest BCUT2D eigenvalue weighted by atomic mass is 16.7. The number of rotatable bonds is 3. The molecule has 0 atom stereocenters. The molecule has 2 N–H and O–H groups in total. The van der Waals surface area contributed by atoms with E-state index in [0.29, 0.717) is 12.1 Å². The van der Waals surface area contributed by atoms with Crippen molar-refractivity contribution in [3.05, 3.63) is 35.4 Å². The van der Waals surface area contributed by atoms with Crippen LogP contribution in [0.4, 0.5) is 0 Å². The van der Waals surface area contributed by atoms with E-state index in [2.05, 4.69) is 0 Å². The molecule has 0 spiro atoms. The minimum absolute atomic E-state index is 0.170. The van der Waals surface area contributed by atoms with Gasteiger partial charge in [0.15, 0.2) is 0 Å². The second kappa shape index (κ2) is 4.74. The zero-order chi connectivity index (χ0) is 10.6. The fourth-order valence-corrected chi connectivity index (χ4v) is 1.05.